The molecule has 0 bridgehead atoms. The van der Waals surface area contributed by atoms with E-state index in [9.17, 15) is 0 Å². The first-order chi connectivity index (χ1) is 6.33. The maximum atomic E-state index is 9.05. The van der Waals surface area contributed by atoms with E-state index in [1.54, 1.807) is 12.1 Å². The molecule has 0 unspecified atom stereocenters. The summed E-state index contributed by atoms with van der Waals surface area (Å²) in [6, 6.07) is 7.42. The lowest BCUT2D eigenvalue weighted by molar-refractivity contribution is 0.475. The molecule has 2 heteroatoms. The van der Waals surface area contributed by atoms with Gasteiger partial charge in [0, 0.05) is 0 Å². The van der Waals surface area contributed by atoms with Crippen molar-refractivity contribution in [3.05, 3.63) is 29.8 Å². The highest BCUT2D eigenvalue weighted by Gasteiger charge is 1.92. The van der Waals surface area contributed by atoms with Gasteiger partial charge in [-0.15, -0.1) is 0 Å². The molecule has 0 atom stereocenters. The highest BCUT2D eigenvalue weighted by molar-refractivity contribution is 5.25. The fourth-order valence-corrected chi connectivity index (χ4v) is 1.26. The number of hydrogen-bond acceptors (Lipinski definition) is 2. The number of nitrogens with one attached hydrogen (secondary N) is 1. The van der Waals surface area contributed by atoms with E-state index in [4.69, 9.17) is 5.11 Å². The molecule has 72 valence electrons. The second-order valence-corrected chi connectivity index (χ2v) is 3.12. The average Bonchev–Trinajstić information content (AvgIpc) is 2.15. The summed E-state index contributed by atoms with van der Waals surface area (Å²) in [5, 5.41) is 12.3. The van der Waals surface area contributed by atoms with Gasteiger partial charge in [-0.25, -0.2) is 0 Å². The van der Waals surface area contributed by atoms with Crippen molar-refractivity contribution in [3.63, 3.8) is 0 Å². The highest BCUT2D eigenvalue weighted by Crippen LogP contribution is 2.10. The van der Waals surface area contributed by atoms with Gasteiger partial charge in [0.1, 0.15) is 5.75 Å². The van der Waals surface area contributed by atoms with Crippen molar-refractivity contribution in [2.24, 2.45) is 0 Å². The van der Waals surface area contributed by atoms with E-state index in [0.29, 0.717) is 5.75 Å². The molecule has 0 radical (unpaired) electrons. The van der Waals surface area contributed by atoms with Crippen molar-refractivity contribution in [2.75, 3.05) is 13.1 Å². The van der Waals surface area contributed by atoms with Gasteiger partial charge in [-0.3, -0.25) is 0 Å². The molecule has 1 aromatic carbocycles. The molecule has 0 saturated carbocycles. The molecule has 0 aliphatic heterocycles. The van der Waals surface area contributed by atoms with E-state index < -0.39 is 0 Å². The SMILES string of the molecule is CCNCCCc1ccc(O)cc1. The van der Waals surface area contributed by atoms with Crippen molar-refractivity contribution in [3.8, 4) is 5.75 Å². The highest BCUT2D eigenvalue weighted by atomic mass is 16.3. The minimum absolute atomic E-state index is 0.343. The Labute approximate surface area is 79.6 Å². The van der Waals surface area contributed by atoms with E-state index in [-0.39, 0.29) is 0 Å². The molecule has 13 heavy (non-hydrogen) atoms. The smallest absolute Gasteiger partial charge is 0.115 e. The number of aryl methyl sites for hydroxylation is 1. The van der Waals surface area contributed by atoms with Crippen LogP contribution in [0.5, 0.6) is 5.75 Å². The molecule has 1 rings (SSSR count). The maximum Gasteiger partial charge on any atom is 0.115 e. The van der Waals surface area contributed by atoms with Gasteiger partial charge in [0.25, 0.3) is 0 Å². The summed E-state index contributed by atoms with van der Waals surface area (Å²) >= 11 is 0. The van der Waals surface area contributed by atoms with Crippen LogP contribution in [0.1, 0.15) is 18.9 Å². The molecule has 0 fully saturated rings. The van der Waals surface area contributed by atoms with Crippen LogP contribution in [0.2, 0.25) is 0 Å². The lowest BCUT2D eigenvalue weighted by atomic mass is 10.1. The van der Waals surface area contributed by atoms with Crippen LogP contribution >= 0.6 is 0 Å². The summed E-state index contributed by atoms with van der Waals surface area (Å²) in [6.45, 7) is 4.22. The summed E-state index contributed by atoms with van der Waals surface area (Å²) in [4.78, 5) is 0. The molecule has 0 amide bonds. The number of benzene rings is 1. The van der Waals surface area contributed by atoms with Crippen LogP contribution in [-0.4, -0.2) is 18.2 Å². The van der Waals surface area contributed by atoms with Crippen LogP contribution in [0.3, 0.4) is 0 Å². The molecular weight excluding hydrogens is 162 g/mol. The van der Waals surface area contributed by atoms with E-state index >= 15 is 0 Å². The second-order valence-electron chi connectivity index (χ2n) is 3.12. The van der Waals surface area contributed by atoms with Gasteiger partial charge >= 0.3 is 0 Å². The summed E-state index contributed by atoms with van der Waals surface area (Å²) in [7, 11) is 0. The molecule has 0 saturated heterocycles. The van der Waals surface area contributed by atoms with Crippen LogP contribution in [0.25, 0.3) is 0 Å². The number of rotatable bonds is 5. The number of aromatic hydroxyl groups is 1. The number of hydrogen-bond donors (Lipinski definition) is 2. The molecule has 0 aliphatic carbocycles. The van der Waals surface area contributed by atoms with Gasteiger partial charge in [0.15, 0.2) is 0 Å². The number of phenols is 1. The van der Waals surface area contributed by atoms with Crippen molar-refractivity contribution in [1.82, 2.24) is 5.32 Å². The van der Waals surface area contributed by atoms with Gasteiger partial charge < -0.3 is 10.4 Å². The van der Waals surface area contributed by atoms with Crippen LogP contribution < -0.4 is 5.32 Å². The first-order valence-corrected chi connectivity index (χ1v) is 4.81. The molecule has 2 nitrogen and oxygen atoms in total. The minimum Gasteiger partial charge on any atom is -0.508 e. The third-order valence-corrected chi connectivity index (χ3v) is 2.01. The van der Waals surface area contributed by atoms with Crippen molar-refractivity contribution < 1.29 is 5.11 Å². The van der Waals surface area contributed by atoms with Crippen molar-refractivity contribution in [1.29, 1.82) is 0 Å². The predicted molar refractivity (Wildman–Crippen MR) is 55.0 cm³/mol. The third kappa shape index (κ3) is 3.95. The molecule has 1 aromatic rings. The van der Waals surface area contributed by atoms with Crippen molar-refractivity contribution in [2.45, 2.75) is 19.8 Å². The zero-order valence-electron chi connectivity index (χ0n) is 8.09. The fraction of sp³-hybridized carbons (Fsp3) is 0.455. The second kappa shape index (κ2) is 5.60. The Kier molecular flexibility index (Phi) is 4.33. The quantitative estimate of drug-likeness (QED) is 0.677. The van der Waals surface area contributed by atoms with Gasteiger partial charge in [-0.2, -0.15) is 0 Å². The molecular formula is C11H17NO. The standard InChI is InChI=1S/C11H17NO/c1-2-12-9-3-4-10-5-7-11(13)8-6-10/h5-8,12-13H,2-4,9H2,1H3. The lowest BCUT2D eigenvalue weighted by Gasteiger charge is -2.02. The summed E-state index contributed by atoms with van der Waals surface area (Å²) in [5.74, 6) is 0.343. The monoisotopic (exact) mass is 179 g/mol. The van der Waals surface area contributed by atoms with Crippen LogP contribution in [0.4, 0.5) is 0 Å². The topological polar surface area (TPSA) is 32.3 Å². The Bertz CT molecular complexity index is 230. The van der Waals surface area contributed by atoms with Gasteiger partial charge in [0.05, 0.1) is 0 Å². The summed E-state index contributed by atoms with van der Waals surface area (Å²) in [6.07, 6.45) is 2.23. The average molecular weight is 179 g/mol. The zero-order valence-corrected chi connectivity index (χ0v) is 8.09. The van der Waals surface area contributed by atoms with Gasteiger partial charge in [-0.05, 0) is 43.6 Å². The first-order valence-electron chi connectivity index (χ1n) is 4.81. The third-order valence-electron chi connectivity index (χ3n) is 2.01. The number of phenolic OH excluding ortho intramolecular Hbond substituents is 1. The van der Waals surface area contributed by atoms with Gasteiger partial charge in [-0.1, -0.05) is 19.1 Å². The Hall–Kier alpha value is -1.02. The van der Waals surface area contributed by atoms with E-state index in [2.05, 4.69) is 12.2 Å². The zero-order chi connectivity index (χ0) is 9.52. The molecule has 0 aliphatic rings. The summed E-state index contributed by atoms with van der Waals surface area (Å²) in [5.41, 5.74) is 1.29. The fourth-order valence-electron chi connectivity index (χ4n) is 1.26. The lowest BCUT2D eigenvalue weighted by Crippen LogP contribution is -2.14. The Morgan fingerprint density at radius 2 is 1.92 bits per heavy atom. The Morgan fingerprint density at radius 3 is 2.54 bits per heavy atom. The molecule has 0 spiro atoms. The largest absolute Gasteiger partial charge is 0.508 e. The maximum absolute atomic E-state index is 9.05. The first kappa shape index (κ1) is 10.1. The van der Waals surface area contributed by atoms with Crippen LogP contribution in [-0.2, 0) is 6.42 Å². The normalized spacial score (nSPS) is 10.2. The predicted octanol–water partition coefficient (Wildman–Crippen LogP) is 1.93. The van der Waals surface area contributed by atoms with Crippen molar-refractivity contribution >= 4 is 0 Å². The minimum atomic E-state index is 0.343. The van der Waals surface area contributed by atoms with Crippen LogP contribution in [0.15, 0.2) is 24.3 Å². The van der Waals surface area contributed by atoms with Crippen LogP contribution in [0, 0.1) is 0 Å². The Balaban J connectivity index is 2.25. The molecule has 0 heterocycles. The summed E-state index contributed by atoms with van der Waals surface area (Å²) < 4.78 is 0. The molecule has 2 N–H and O–H groups in total. The molecule has 0 aromatic heterocycles. The van der Waals surface area contributed by atoms with E-state index in [1.165, 1.54) is 5.56 Å². The van der Waals surface area contributed by atoms with Gasteiger partial charge in [0.2, 0.25) is 0 Å². The van der Waals surface area contributed by atoms with E-state index in [1.807, 2.05) is 12.1 Å². The Morgan fingerprint density at radius 1 is 1.23 bits per heavy atom. The van der Waals surface area contributed by atoms with E-state index in [0.717, 1.165) is 25.9 Å².